The fourth-order valence-electron chi connectivity index (χ4n) is 2.75. The fraction of sp³-hybridized carbons (Fsp3) is 0.600. The highest BCUT2D eigenvalue weighted by atomic mass is 16.3. The Hall–Kier alpha value is -1.62. The van der Waals surface area contributed by atoms with E-state index in [1.165, 1.54) is 24.8 Å². The third kappa shape index (κ3) is 2.63. The van der Waals surface area contributed by atoms with Gasteiger partial charge in [-0.25, -0.2) is 0 Å². The van der Waals surface area contributed by atoms with E-state index in [1.807, 2.05) is 6.07 Å². The molecule has 1 N–H and O–H groups in total. The van der Waals surface area contributed by atoms with E-state index in [2.05, 4.69) is 33.9 Å². The van der Waals surface area contributed by atoms with Gasteiger partial charge in [-0.05, 0) is 38.3 Å². The molecule has 108 valence electrons. The maximum absolute atomic E-state index is 5.46. The van der Waals surface area contributed by atoms with E-state index in [-0.39, 0.29) is 6.04 Å². The summed E-state index contributed by atoms with van der Waals surface area (Å²) in [5.74, 6) is 3.18. The minimum atomic E-state index is 0.179. The average molecular weight is 274 g/mol. The first-order valence-electron chi connectivity index (χ1n) is 7.44. The van der Waals surface area contributed by atoms with Gasteiger partial charge >= 0.3 is 0 Å². The standard InChI is InChI=1S/C15H22N4O/c1-11-7-9-20-13(11)10-16-12(2)15-18-17-14-6-4-3-5-8-19(14)15/h7,9,12,16H,3-6,8,10H2,1-2H3. The van der Waals surface area contributed by atoms with Gasteiger partial charge in [-0.15, -0.1) is 10.2 Å². The molecular formula is C15H22N4O. The van der Waals surface area contributed by atoms with Crippen LogP contribution in [0.4, 0.5) is 0 Å². The Morgan fingerprint density at radius 1 is 1.35 bits per heavy atom. The first kappa shape index (κ1) is 13.4. The van der Waals surface area contributed by atoms with Crippen LogP contribution in [-0.2, 0) is 19.5 Å². The highest BCUT2D eigenvalue weighted by Crippen LogP contribution is 2.19. The molecule has 5 heteroatoms. The van der Waals surface area contributed by atoms with Gasteiger partial charge in [0, 0.05) is 13.0 Å². The van der Waals surface area contributed by atoms with Crippen molar-refractivity contribution in [2.45, 2.75) is 58.7 Å². The van der Waals surface area contributed by atoms with Crippen LogP contribution in [0, 0.1) is 6.92 Å². The fourth-order valence-corrected chi connectivity index (χ4v) is 2.75. The second kappa shape index (κ2) is 5.79. The van der Waals surface area contributed by atoms with Crippen LogP contribution in [0.2, 0.25) is 0 Å². The predicted molar refractivity (Wildman–Crippen MR) is 76.3 cm³/mol. The van der Waals surface area contributed by atoms with Crippen LogP contribution in [0.1, 0.15) is 55.2 Å². The molecule has 0 spiro atoms. The van der Waals surface area contributed by atoms with Gasteiger partial charge in [-0.2, -0.15) is 0 Å². The molecule has 0 aromatic carbocycles. The number of aryl methyl sites for hydroxylation is 2. The largest absolute Gasteiger partial charge is 0.468 e. The molecule has 2 aromatic heterocycles. The predicted octanol–water partition coefficient (Wildman–Crippen LogP) is 2.76. The highest BCUT2D eigenvalue weighted by molar-refractivity contribution is 5.14. The first-order chi connectivity index (χ1) is 9.75. The first-order valence-corrected chi connectivity index (χ1v) is 7.44. The van der Waals surface area contributed by atoms with Crippen molar-refractivity contribution in [2.24, 2.45) is 0 Å². The van der Waals surface area contributed by atoms with Crippen molar-refractivity contribution in [1.29, 1.82) is 0 Å². The molecule has 20 heavy (non-hydrogen) atoms. The molecule has 2 aromatic rings. The van der Waals surface area contributed by atoms with Gasteiger partial charge in [-0.1, -0.05) is 6.42 Å². The van der Waals surface area contributed by atoms with E-state index in [4.69, 9.17) is 4.42 Å². The molecule has 1 unspecified atom stereocenters. The lowest BCUT2D eigenvalue weighted by atomic mass is 10.2. The maximum atomic E-state index is 5.46. The summed E-state index contributed by atoms with van der Waals surface area (Å²) in [6.45, 7) is 5.97. The third-order valence-electron chi connectivity index (χ3n) is 4.06. The normalized spacial score (nSPS) is 16.7. The Bertz CT molecular complexity index is 572. The van der Waals surface area contributed by atoms with E-state index in [0.717, 1.165) is 36.9 Å². The van der Waals surface area contributed by atoms with Crippen molar-refractivity contribution in [1.82, 2.24) is 20.1 Å². The van der Waals surface area contributed by atoms with E-state index < -0.39 is 0 Å². The Morgan fingerprint density at radius 2 is 2.25 bits per heavy atom. The molecule has 0 saturated carbocycles. The lowest BCUT2D eigenvalue weighted by Gasteiger charge is -2.14. The minimum Gasteiger partial charge on any atom is -0.468 e. The Labute approximate surface area is 119 Å². The van der Waals surface area contributed by atoms with Gasteiger partial charge in [0.25, 0.3) is 0 Å². The molecule has 5 nitrogen and oxygen atoms in total. The van der Waals surface area contributed by atoms with Crippen LogP contribution < -0.4 is 5.32 Å². The molecular weight excluding hydrogens is 252 g/mol. The lowest BCUT2D eigenvalue weighted by molar-refractivity contribution is 0.440. The summed E-state index contributed by atoms with van der Waals surface area (Å²) in [5.41, 5.74) is 1.18. The second-order valence-corrected chi connectivity index (χ2v) is 5.57. The monoisotopic (exact) mass is 274 g/mol. The van der Waals surface area contributed by atoms with Crippen LogP contribution in [0.3, 0.4) is 0 Å². The van der Waals surface area contributed by atoms with Crippen molar-refractivity contribution in [3.05, 3.63) is 35.3 Å². The van der Waals surface area contributed by atoms with Crippen molar-refractivity contribution in [2.75, 3.05) is 0 Å². The number of nitrogens with zero attached hydrogens (tertiary/aromatic N) is 3. The second-order valence-electron chi connectivity index (χ2n) is 5.57. The zero-order chi connectivity index (χ0) is 13.9. The van der Waals surface area contributed by atoms with Crippen LogP contribution >= 0.6 is 0 Å². The van der Waals surface area contributed by atoms with E-state index in [1.54, 1.807) is 6.26 Å². The summed E-state index contributed by atoms with van der Waals surface area (Å²) in [5, 5.41) is 12.2. The molecule has 0 fully saturated rings. The maximum Gasteiger partial charge on any atom is 0.149 e. The number of furan rings is 1. The summed E-state index contributed by atoms with van der Waals surface area (Å²) >= 11 is 0. The number of rotatable bonds is 4. The summed E-state index contributed by atoms with van der Waals surface area (Å²) in [6, 6.07) is 2.17. The smallest absolute Gasteiger partial charge is 0.149 e. The molecule has 0 bridgehead atoms. The number of hydrogen-bond donors (Lipinski definition) is 1. The van der Waals surface area contributed by atoms with Gasteiger partial charge in [-0.3, -0.25) is 0 Å². The lowest BCUT2D eigenvalue weighted by Crippen LogP contribution is -2.22. The van der Waals surface area contributed by atoms with Crippen LogP contribution in [0.15, 0.2) is 16.7 Å². The topological polar surface area (TPSA) is 55.9 Å². The SMILES string of the molecule is Cc1ccoc1CNC(C)c1nnc2n1CCCCC2. The van der Waals surface area contributed by atoms with Crippen molar-refractivity contribution >= 4 is 0 Å². The van der Waals surface area contributed by atoms with Gasteiger partial charge in [0.15, 0.2) is 0 Å². The van der Waals surface area contributed by atoms with Gasteiger partial charge in [0.2, 0.25) is 0 Å². The number of nitrogens with one attached hydrogen (secondary N) is 1. The number of hydrogen-bond acceptors (Lipinski definition) is 4. The van der Waals surface area contributed by atoms with Gasteiger partial charge in [0.05, 0.1) is 18.8 Å². The molecule has 1 aliphatic heterocycles. The molecule has 1 atom stereocenters. The summed E-state index contributed by atoms with van der Waals surface area (Å²) < 4.78 is 7.75. The Morgan fingerprint density at radius 3 is 3.05 bits per heavy atom. The molecule has 0 radical (unpaired) electrons. The zero-order valence-electron chi connectivity index (χ0n) is 12.2. The quantitative estimate of drug-likeness (QED) is 0.931. The summed E-state index contributed by atoms with van der Waals surface area (Å²) in [6.07, 6.45) is 6.53. The number of aromatic nitrogens is 3. The zero-order valence-corrected chi connectivity index (χ0v) is 12.2. The van der Waals surface area contributed by atoms with Crippen molar-refractivity contribution in [3.8, 4) is 0 Å². The Balaban J connectivity index is 1.69. The number of fused-ring (bicyclic) bond motifs is 1. The van der Waals surface area contributed by atoms with Crippen LogP contribution in [0.25, 0.3) is 0 Å². The van der Waals surface area contributed by atoms with E-state index in [9.17, 15) is 0 Å². The molecule has 3 heterocycles. The van der Waals surface area contributed by atoms with Crippen LogP contribution in [0.5, 0.6) is 0 Å². The molecule has 0 amide bonds. The summed E-state index contributed by atoms with van der Waals surface area (Å²) in [7, 11) is 0. The summed E-state index contributed by atoms with van der Waals surface area (Å²) in [4.78, 5) is 0. The Kier molecular flexibility index (Phi) is 3.87. The van der Waals surface area contributed by atoms with Crippen molar-refractivity contribution in [3.63, 3.8) is 0 Å². The van der Waals surface area contributed by atoms with Gasteiger partial charge in [0.1, 0.15) is 17.4 Å². The molecule has 0 aliphatic carbocycles. The highest BCUT2D eigenvalue weighted by Gasteiger charge is 2.19. The molecule has 1 aliphatic rings. The van der Waals surface area contributed by atoms with Crippen molar-refractivity contribution < 1.29 is 4.42 Å². The molecule has 0 saturated heterocycles. The third-order valence-corrected chi connectivity index (χ3v) is 4.06. The van der Waals surface area contributed by atoms with Crippen LogP contribution in [-0.4, -0.2) is 14.8 Å². The minimum absolute atomic E-state index is 0.179. The van der Waals surface area contributed by atoms with E-state index in [0.29, 0.717) is 0 Å². The van der Waals surface area contributed by atoms with Gasteiger partial charge < -0.3 is 14.3 Å². The van der Waals surface area contributed by atoms with E-state index >= 15 is 0 Å². The molecule has 3 rings (SSSR count). The average Bonchev–Trinajstić information content (AvgIpc) is 2.96.